The molecular formula is C15H21N3O4S. The van der Waals surface area contributed by atoms with Gasteiger partial charge in [0, 0.05) is 31.4 Å². The van der Waals surface area contributed by atoms with Crippen molar-refractivity contribution < 1.29 is 18.0 Å². The lowest BCUT2D eigenvalue weighted by Gasteiger charge is -2.30. The third kappa shape index (κ3) is 5.04. The van der Waals surface area contributed by atoms with E-state index in [1.807, 2.05) is 0 Å². The molecule has 0 radical (unpaired) electrons. The zero-order valence-corrected chi connectivity index (χ0v) is 14.0. The van der Waals surface area contributed by atoms with Crippen LogP contribution in [0.4, 0.5) is 11.4 Å². The van der Waals surface area contributed by atoms with Gasteiger partial charge in [-0.2, -0.15) is 0 Å². The summed E-state index contributed by atoms with van der Waals surface area (Å²) < 4.78 is 24.5. The van der Waals surface area contributed by atoms with Gasteiger partial charge in [-0.1, -0.05) is 0 Å². The van der Waals surface area contributed by atoms with E-state index in [1.54, 1.807) is 24.3 Å². The zero-order valence-electron chi connectivity index (χ0n) is 13.2. The van der Waals surface area contributed by atoms with Crippen LogP contribution in [0.5, 0.6) is 0 Å². The molecular weight excluding hydrogens is 318 g/mol. The van der Waals surface area contributed by atoms with E-state index in [9.17, 15) is 18.0 Å². The average molecular weight is 339 g/mol. The summed E-state index contributed by atoms with van der Waals surface area (Å²) in [5.41, 5.74) is 1.26. The highest BCUT2D eigenvalue weighted by Gasteiger charge is 2.30. The van der Waals surface area contributed by atoms with Crippen molar-refractivity contribution in [2.45, 2.75) is 19.8 Å². The van der Waals surface area contributed by atoms with Crippen LogP contribution in [0.1, 0.15) is 19.8 Å². The van der Waals surface area contributed by atoms with Gasteiger partial charge in [-0.3, -0.25) is 9.59 Å². The number of nitrogens with one attached hydrogen (secondary N) is 2. The maximum absolute atomic E-state index is 12.3. The Hall–Kier alpha value is -1.93. The van der Waals surface area contributed by atoms with E-state index in [4.69, 9.17) is 0 Å². The van der Waals surface area contributed by atoms with Crippen LogP contribution in [0.15, 0.2) is 24.3 Å². The Labute approximate surface area is 136 Å². The molecule has 1 saturated heterocycles. The SMILES string of the molecule is CC(=O)Nc1ccc(NC(=O)[C@H]2CCCN(S(C)(=O)=O)C2)cc1. The fourth-order valence-corrected chi connectivity index (χ4v) is 3.45. The van der Waals surface area contributed by atoms with Crippen molar-refractivity contribution in [3.8, 4) is 0 Å². The fraction of sp³-hybridized carbons (Fsp3) is 0.467. The zero-order chi connectivity index (χ0) is 17.0. The number of anilines is 2. The lowest BCUT2D eigenvalue weighted by Crippen LogP contribution is -2.43. The number of amides is 2. The first-order chi connectivity index (χ1) is 10.8. The summed E-state index contributed by atoms with van der Waals surface area (Å²) in [6.07, 6.45) is 2.50. The normalized spacial score (nSPS) is 19.1. The minimum Gasteiger partial charge on any atom is -0.326 e. The summed E-state index contributed by atoms with van der Waals surface area (Å²) in [5, 5.41) is 5.44. The molecule has 0 bridgehead atoms. The minimum atomic E-state index is -3.27. The quantitative estimate of drug-likeness (QED) is 0.863. The van der Waals surface area contributed by atoms with Crippen LogP contribution in [0.2, 0.25) is 0 Å². The Morgan fingerprint density at radius 1 is 1.13 bits per heavy atom. The average Bonchev–Trinajstić information content (AvgIpc) is 2.48. The molecule has 1 aromatic carbocycles. The second-order valence-electron chi connectivity index (χ2n) is 5.71. The van der Waals surface area contributed by atoms with Crippen LogP contribution in [-0.2, 0) is 19.6 Å². The molecule has 2 N–H and O–H groups in total. The molecule has 1 heterocycles. The van der Waals surface area contributed by atoms with E-state index < -0.39 is 10.0 Å². The Bertz CT molecular complexity index is 685. The summed E-state index contributed by atoms with van der Waals surface area (Å²) in [6.45, 7) is 2.11. The van der Waals surface area contributed by atoms with Crippen LogP contribution >= 0.6 is 0 Å². The van der Waals surface area contributed by atoms with Crippen molar-refractivity contribution in [3.63, 3.8) is 0 Å². The first-order valence-corrected chi connectivity index (χ1v) is 9.24. The fourth-order valence-electron chi connectivity index (χ4n) is 2.54. The number of carbonyl (C=O) groups is 2. The van der Waals surface area contributed by atoms with Crippen molar-refractivity contribution >= 4 is 33.2 Å². The van der Waals surface area contributed by atoms with Gasteiger partial charge in [0.25, 0.3) is 0 Å². The maximum atomic E-state index is 12.3. The van der Waals surface area contributed by atoms with E-state index in [-0.39, 0.29) is 24.3 Å². The Morgan fingerprint density at radius 3 is 2.22 bits per heavy atom. The van der Waals surface area contributed by atoms with Gasteiger partial charge >= 0.3 is 0 Å². The minimum absolute atomic E-state index is 0.162. The van der Waals surface area contributed by atoms with Gasteiger partial charge in [0.05, 0.1) is 12.2 Å². The van der Waals surface area contributed by atoms with Crippen LogP contribution in [0.25, 0.3) is 0 Å². The summed E-state index contributed by atoms with van der Waals surface area (Å²) in [6, 6.07) is 6.78. The highest BCUT2D eigenvalue weighted by molar-refractivity contribution is 7.88. The van der Waals surface area contributed by atoms with Crippen LogP contribution in [-0.4, -0.2) is 43.9 Å². The highest BCUT2D eigenvalue weighted by atomic mass is 32.2. The number of hydrogen-bond acceptors (Lipinski definition) is 4. The topological polar surface area (TPSA) is 95.6 Å². The number of hydrogen-bond donors (Lipinski definition) is 2. The highest BCUT2D eigenvalue weighted by Crippen LogP contribution is 2.21. The molecule has 1 atom stereocenters. The van der Waals surface area contributed by atoms with Gasteiger partial charge in [-0.15, -0.1) is 0 Å². The molecule has 1 fully saturated rings. The van der Waals surface area contributed by atoms with Crippen molar-refractivity contribution in [1.29, 1.82) is 0 Å². The monoisotopic (exact) mass is 339 g/mol. The predicted molar refractivity (Wildman–Crippen MR) is 88.5 cm³/mol. The third-order valence-corrected chi connectivity index (χ3v) is 4.97. The molecule has 1 aromatic rings. The van der Waals surface area contributed by atoms with Crippen molar-refractivity contribution in [1.82, 2.24) is 4.31 Å². The molecule has 126 valence electrons. The number of carbonyl (C=O) groups excluding carboxylic acids is 2. The molecule has 0 aromatic heterocycles. The smallest absolute Gasteiger partial charge is 0.228 e. The van der Waals surface area contributed by atoms with Gasteiger partial charge in [0.1, 0.15) is 0 Å². The van der Waals surface area contributed by atoms with Gasteiger partial charge in [-0.25, -0.2) is 12.7 Å². The van der Waals surface area contributed by atoms with Crippen LogP contribution in [0, 0.1) is 5.92 Å². The molecule has 23 heavy (non-hydrogen) atoms. The van der Waals surface area contributed by atoms with Crippen molar-refractivity contribution in [2.75, 3.05) is 30.0 Å². The van der Waals surface area contributed by atoms with Gasteiger partial charge in [-0.05, 0) is 37.1 Å². The maximum Gasteiger partial charge on any atom is 0.228 e. The van der Waals surface area contributed by atoms with Crippen molar-refractivity contribution in [3.05, 3.63) is 24.3 Å². The van der Waals surface area contributed by atoms with E-state index in [2.05, 4.69) is 10.6 Å². The summed E-state index contributed by atoms with van der Waals surface area (Å²) in [7, 11) is -3.27. The summed E-state index contributed by atoms with van der Waals surface area (Å²) in [4.78, 5) is 23.3. The van der Waals surface area contributed by atoms with E-state index in [0.717, 1.165) is 6.26 Å². The standard InChI is InChI=1S/C15H21N3O4S/c1-11(19)16-13-5-7-14(8-6-13)17-15(20)12-4-3-9-18(10-12)23(2,21)22/h5-8,12H,3-4,9-10H2,1-2H3,(H,16,19)(H,17,20)/t12-/m0/s1. The largest absolute Gasteiger partial charge is 0.326 e. The molecule has 0 spiro atoms. The lowest BCUT2D eigenvalue weighted by molar-refractivity contribution is -0.121. The van der Waals surface area contributed by atoms with Crippen molar-refractivity contribution in [2.24, 2.45) is 5.92 Å². The lowest BCUT2D eigenvalue weighted by atomic mass is 9.98. The molecule has 8 heteroatoms. The second-order valence-corrected chi connectivity index (χ2v) is 7.69. The summed E-state index contributed by atoms with van der Waals surface area (Å²) in [5.74, 6) is -0.705. The van der Waals surface area contributed by atoms with E-state index in [0.29, 0.717) is 30.8 Å². The molecule has 7 nitrogen and oxygen atoms in total. The molecule has 0 saturated carbocycles. The predicted octanol–water partition coefficient (Wildman–Crippen LogP) is 1.26. The Morgan fingerprint density at radius 2 is 1.70 bits per heavy atom. The molecule has 2 amide bonds. The van der Waals surface area contributed by atoms with Gasteiger partial charge in [0.15, 0.2) is 0 Å². The molecule has 0 unspecified atom stereocenters. The first kappa shape index (κ1) is 17.4. The second kappa shape index (κ2) is 7.10. The number of nitrogens with zero attached hydrogens (tertiary/aromatic N) is 1. The Balaban J connectivity index is 1.97. The van der Waals surface area contributed by atoms with Crippen LogP contribution in [0.3, 0.4) is 0 Å². The number of piperidine rings is 1. The van der Waals surface area contributed by atoms with Gasteiger partial charge in [0.2, 0.25) is 21.8 Å². The number of sulfonamides is 1. The van der Waals surface area contributed by atoms with E-state index in [1.165, 1.54) is 11.2 Å². The Kier molecular flexibility index (Phi) is 5.38. The molecule has 0 aliphatic carbocycles. The number of rotatable bonds is 4. The molecule has 1 aliphatic heterocycles. The first-order valence-electron chi connectivity index (χ1n) is 7.39. The van der Waals surface area contributed by atoms with Gasteiger partial charge < -0.3 is 10.6 Å². The van der Waals surface area contributed by atoms with E-state index >= 15 is 0 Å². The third-order valence-electron chi connectivity index (χ3n) is 3.70. The number of benzene rings is 1. The van der Waals surface area contributed by atoms with Crippen LogP contribution < -0.4 is 10.6 Å². The molecule has 1 aliphatic rings. The summed E-state index contributed by atoms with van der Waals surface area (Å²) >= 11 is 0. The molecule has 2 rings (SSSR count).